The van der Waals surface area contributed by atoms with E-state index in [1.54, 1.807) is 0 Å². The second-order valence-corrected chi connectivity index (χ2v) is 2.65. The van der Waals surface area contributed by atoms with Crippen LogP contribution in [0, 0.1) is 5.92 Å². The fourth-order valence-corrected chi connectivity index (χ4v) is 1.21. The van der Waals surface area contributed by atoms with E-state index in [2.05, 4.69) is 0 Å². The third kappa shape index (κ3) is 2.33. The molecule has 1 aliphatic rings. The van der Waals surface area contributed by atoms with Crippen LogP contribution in [-0.4, -0.2) is 19.8 Å². The Morgan fingerprint density at radius 3 is 3.00 bits per heavy atom. The van der Waals surface area contributed by atoms with Gasteiger partial charge in [-0.3, -0.25) is 0 Å². The number of ether oxygens (including phenoxy) is 1. The molecule has 0 amide bonds. The molecule has 2 heteroatoms. The van der Waals surface area contributed by atoms with Crippen molar-refractivity contribution in [1.82, 2.24) is 0 Å². The van der Waals surface area contributed by atoms with Crippen LogP contribution in [0.4, 0.5) is 0 Å². The zero-order valence-corrected chi connectivity index (χ0v) is 5.81. The molecule has 0 aromatic heterocycles. The molecule has 0 aliphatic carbocycles. The minimum Gasteiger partial charge on any atom is -0.381 e. The molecule has 2 N–H and O–H groups in total. The topological polar surface area (TPSA) is 35.2 Å². The summed E-state index contributed by atoms with van der Waals surface area (Å²) in [7, 11) is 0. The SMILES string of the molecule is NC[C@H]1CCCOCC1. The average molecular weight is 129 g/mol. The zero-order valence-electron chi connectivity index (χ0n) is 5.81. The Labute approximate surface area is 56.4 Å². The van der Waals surface area contributed by atoms with Gasteiger partial charge in [0.05, 0.1) is 0 Å². The van der Waals surface area contributed by atoms with Gasteiger partial charge < -0.3 is 10.5 Å². The Balaban J connectivity index is 2.18. The summed E-state index contributed by atoms with van der Waals surface area (Å²) < 4.78 is 5.27. The van der Waals surface area contributed by atoms with Crippen molar-refractivity contribution >= 4 is 0 Å². The number of hydrogen-bond acceptors (Lipinski definition) is 2. The van der Waals surface area contributed by atoms with Crippen molar-refractivity contribution in [2.75, 3.05) is 19.8 Å². The summed E-state index contributed by atoms with van der Waals surface area (Å²) in [5.74, 6) is 0.729. The molecule has 1 heterocycles. The summed E-state index contributed by atoms with van der Waals surface area (Å²) in [5, 5.41) is 0. The van der Waals surface area contributed by atoms with Crippen LogP contribution in [0.25, 0.3) is 0 Å². The Hall–Kier alpha value is -0.0800. The van der Waals surface area contributed by atoms with E-state index in [4.69, 9.17) is 10.5 Å². The van der Waals surface area contributed by atoms with Crippen LogP contribution in [0.5, 0.6) is 0 Å². The van der Waals surface area contributed by atoms with E-state index in [1.807, 2.05) is 0 Å². The molecule has 0 saturated carbocycles. The Kier molecular flexibility index (Phi) is 3.01. The van der Waals surface area contributed by atoms with E-state index < -0.39 is 0 Å². The van der Waals surface area contributed by atoms with E-state index in [-0.39, 0.29) is 0 Å². The number of hydrogen-bond donors (Lipinski definition) is 1. The van der Waals surface area contributed by atoms with Gasteiger partial charge in [0.15, 0.2) is 0 Å². The lowest BCUT2D eigenvalue weighted by molar-refractivity contribution is 0.142. The second-order valence-electron chi connectivity index (χ2n) is 2.65. The van der Waals surface area contributed by atoms with E-state index >= 15 is 0 Å². The Bertz CT molecular complexity index is 67.3. The summed E-state index contributed by atoms with van der Waals surface area (Å²) in [6.45, 7) is 2.70. The molecule has 0 aromatic rings. The molecule has 54 valence electrons. The first-order valence-corrected chi connectivity index (χ1v) is 3.71. The first-order valence-electron chi connectivity index (χ1n) is 3.71. The summed E-state index contributed by atoms with van der Waals surface area (Å²) in [6, 6.07) is 0. The van der Waals surface area contributed by atoms with E-state index in [0.29, 0.717) is 0 Å². The number of nitrogens with two attached hydrogens (primary N) is 1. The van der Waals surface area contributed by atoms with Gasteiger partial charge in [-0.2, -0.15) is 0 Å². The third-order valence-electron chi connectivity index (χ3n) is 1.90. The van der Waals surface area contributed by atoms with Gasteiger partial charge in [0.1, 0.15) is 0 Å². The highest BCUT2D eigenvalue weighted by atomic mass is 16.5. The fraction of sp³-hybridized carbons (Fsp3) is 1.00. The maximum atomic E-state index is 5.52. The summed E-state index contributed by atoms with van der Waals surface area (Å²) in [6.07, 6.45) is 3.62. The van der Waals surface area contributed by atoms with Crippen molar-refractivity contribution in [2.45, 2.75) is 19.3 Å². The van der Waals surface area contributed by atoms with Crippen LogP contribution in [0.3, 0.4) is 0 Å². The van der Waals surface area contributed by atoms with E-state index in [1.165, 1.54) is 12.8 Å². The van der Waals surface area contributed by atoms with Gasteiger partial charge in [0, 0.05) is 13.2 Å². The highest BCUT2D eigenvalue weighted by Gasteiger charge is 2.09. The van der Waals surface area contributed by atoms with E-state index in [9.17, 15) is 0 Å². The predicted molar refractivity (Wildman–Crippen MR) is 37.2 cm³/mol. The van der Waals surface area contributed by atoms with Gasteiger partial charge in [0.25, 0.3) is 0 Å². The maximum absolute atomic E-state index is 5.52. The lowest BCUT2D eigenvalue weighted by atomic mass is 10.0. The van der Waals surface area contributed by atoms with Gasteiger partial charge in [-0.25, -0.2) is 0 Å². The molecule has 1 fully saturated rings. The van der Waals surface area contributed by atoms with Crippen LogP contribution in [0.2, 0.25) is 0 Å². The molecule has 1 saturated heterocycles. The lowest BCUT2D eigenvalue weighted by Gasteiger charge is -2.07. The molecule has 0 spiro atoms. The maximum Gasteiger partial charge on any atom is 0.0469 e. The first-order chi connectivity index (χ1) is 4.43. The van der Waals surface area contributed by atoms with Gasteiger partial charge in [0.2, 0.25) is 0 Å². The Morgan fingerprint density at radius 2 is 2.22 bits per heavy atom. The van der Waals surface area contributed by atoms with Gasteiger partial charge in [-0.15, -0.1) is 0 Å². The standard InChI is InChI=1S/C7H15NO/c8-6-7-2-1-4-9-5-3-7/h7H,1-6,8H2/t7-/m0/s1. The number of rotatable bonds is 1. The first kappa shape index (κ1) is 7.03. The molecule has 2 nitrogen and oxygen atoms in total. The minimum atomic E-state index is 0.729. The Morgan fingerprint density at radius 1 is 1.33 bits per heavy atom. The predicted octanol–water partition coefficient (Wildman–Crippen LogP) is 0.762. The van der Waals surface area contributed by atoms with Gasteiger partial charge in [-0.1, -0.05) is 0 Å². The lowest BCUT2D eigenvalue weighted by Crippen LogP contribution is -2.14. The summed E-state index contributed by atoms with van der Waals surface area (Å²) in [5.41, 5.74) is 5.52. The molecule has 9 heavy (non-hydrogen) atoms. The molecular formula is C7H15NO. The van der Waals surface area contributed by atoms with Crippen molar-refractivity contribution < 1.29 is 4.74 Å². The second kappa shape index (κ2) is 3.85. The van der Waals surface area contributed by atoms with Gasteiger partial charge in [-0.05, 0) is 31.7 Å². The van der Waals surface area contributed by atoms with E-state index in [0.717, 1.165) is 32.1 Å². The average Bonchev–Trinajstić information content (AvgIpc) is 2.13. The van der Waals surface area contributed by atoms with Crippen LogP contribution in [0.1, 0.15) is 19.3 Å². The van der Waals surface area contributed by atoms with Crippen molar-refractivity contribution in [3.63, 3.8) is 0 Å². The van der Waals surface area contributed by atoms with Crippen LogP contribution in [-0.2, 0) is 4.74 Å². The molecule has 0 bridgehead atoms. The quantitative estimate of drug-likeness (QED) is 0.567. The van der Waals surface area contributed by atoms with Crippen LogP contribution >= 0.6 is 0 Å². The van der Waals surface area contributed by atoms with Crippen molar-refractivity contribution in [2.24, 2.45) is 11.7 Å². The third-order valence-corrected chi connectivity index (χ3v) is 1.90. The monoisotopic (exact) mass is 129 g/mol. The van der Waals surface area contributed by atoms with Crippen LogP contribution in [0.15, 0.2) is 0 Å². The van der Waals surface area contributed by atoms with Crippen molar-refractivity contribution in [3.05, 3.63) is 0 Å². The highest BCUT2D eigenvalue weighted by Crippen LogP contribution is 2.13. The minimum absolute atomic E-state index is 0.729. The van der Waals surface area contributed by atoms with Gasteiger partial charge >= 0.3 is 0 Å². The molecule has 1 atom stereocenters. The molecule has 0 aromatic carbocycles. The molecule has 1 aliphatic heterocycles. The molecule has 0 radical (unpaired) electrons. The van der Waals surface area contributed by atoms with Crippen molar-refractivity contribution in [3.8, 4) is 0 Å². The molecule has 0 unspecified atom stereocenters. The summed E-state index contributed by atoms with van der Waals surface area (Å²) >= 11 is 0. The largest absolute Gasteiger partial charge is 0.381 e. The smallest absolute Gasteiger partial charge is 0.0469 e. The summed E-state index contributed by atoms with van der Waals surface area (Å²) in [4.78, 5) is 0. The van der Waals surface area contributed by atoms with Crippen molar-refractivity contribution in [1.29, 1.82) is 0 Å². The molecular weight excluding hydrogens is 114 g/mol. The zero-order chi connectivity index (χ0) is 6.53. The highest BCUT2D eigenvalue weighted by molar-refractivity contribution is 4.62. The normalized spacial score (nSPS) is 29.7. The van der Waals surface area contributed by atoms with Crippen LogP contribution < -0.4 is 5.73 Å². The fourth-order valence-electron chi connectivity index (χ4n) is 1.21. The molecule has 1 rings (SSSR count).